The second kappa shape index (κ2) is 8.12. The van der Waals surface area contributed by atoms with Crippen molar-refractivity contribution in [3.8, 4) is 11.5 Å². The van der Waals surface area contributed by atoms with E-state index in [1.807, 2.05) is 18.2 Å². The highest BCUT2D eigenvalue weighted by atomic mass is 32.1. The molecule has 1 aliphatic carbocycles. The fourth-order valence-corrected chi connectivity index (χ4v) is 4.26. The Morgan fingerprint density at radius 2 is 1.96 bits per heavy atom. The summed E-state index contributed by atoms with van der Waals surface area (Å²) in [7, 11) is 1.57. The first kappa shape index (κ1) is 18.6. The number of nitrogens with one attached hydrogen (secondary N) is 2. The molecular formula is C20H22N4O3S. The predicted octanol–water partition coefficient (Wildman–Crippen LogP) is 3.56. The number of anilines is 1. The number of nitrogens with zero attached hydrogens (tertiary/aromatic N) is 2. The molecule has 0 aliphatic heterocycles. The lowest BCUT2D eigenvalue weighted by molar-refractivity contribution is 0.0957. The van der Waals surface area contributed by atoms with Crippen molar-refractivity contribution in [1.29, 1.82) is 0 Å². The van der Waals surface area contributed by atoms with Gasteiger partial charge in [0.2, 0.25) is 0 Å². The molecule has 28 heavy (non-hydrogen) atoms. The number of thiazole rings is 1. The number of benzene rings is 1. The third-order valence-corrected chi connectivity index (χ3v) is 5.76. The highest BCUT2D eigenvalue weighted by Gasteiger charge is 2.20. The minimum Gasteiger partial charge on any atom is -0.457 e. The van der Waals surface area contributed by atoms with E-state index in [1.54, 1.807) is 36.7 Å². The summed E-state index contributed by atoms with van der Waals surface area (Å²) in [6, 6.07) is 9.43. The van der Waals surface area contributed by atoms with Crippen molar-refractivity contribution in [2.75, 3.05) is 12.4 Å². The van der Waals surface area contributed by atoms with Crippen molar-refractivity contribution in [1.82, 2.24) is 15.3 Å². The number of aliphatic hydroxyl groups is 1. The van der Waals surface area contributed by atoms with Crippen molar-refractivity contribution >= 4 is 32.6 Å². The monoisotopic (exact) mass is 398 g/mol. The van der Waals surface area contributed by atoms with Gasteiger partial charge < -0.3 is 20.5 Å². The van der Waals surface area contributed by atoms with Crippen molar-refractivity contribution in [2.24, 2.45) is 0 Å². The number of pyridine rings is 1. The summed E-state index contributed by atoms with van der Waals surface area (Å²) in [4.78, 5) is 20.4. The van der Waals surface area contributed by atoms with Gasteiger partial charge in [-0.25, -0.2) is 4.98 Å². The maximum Gasteiger partial charge on any atom is 0.269 e. The summed E-state index contributed by atoms with van der Waals surface area (Å²) in [5.74, 6) is 0.975. The molecule has 1 saturated carbocycles. The zero-order valence-corrected chi connectivity index (χ0v) is 16.3. The predicted molar refractivity (Wildman–Crippen MR) is 109 cm³/mol. The van der Waals surface area contributed by atoms with E-state index in [0.29, 0.717) is 23.2 Å². The fraction of sp³-hybridized carbons (Fsp3) is 0.350. The molecule has 4 rings (SSSR count). The number of carbonyl (C=O) groups excluding carboxylic acids is 1. The first-order valence-corrected chi connectivity index (χ1v) is 10.1. The highest BCUT2D eigenvalue weighted by Crippen LogP contribution is 2.32. The number of carbonyl (C=O) groups is 1. The molecule has 2 aromatic heterocycles. The van der Waals surface area contributed by atoms with Crippen molar-refractivity contribution in [2.45, 2.75) is 37.8 Å². The van der Waals surface area contributed by atoms with Gasteiger partial charge in [0, 0.05) is 31.4 Å². The molecule has 0 atom stereocenters. The summed E-state index contributed by atoms with van der Waals surface area (Å²) >= 11 is 1.59. The van der Waals surface area contributed by atoms with Crippen molar-refractivity contribution < 1.29 is 14.6 Å². The standard InChI is InChI=1S/C20H22N4O3S/c1-21-19(26)17-10-15(8-9-22-17)27-14-6-7-16-18(11-14)28-20(24-16)23-12-2-4-13(25)5-3-12/h6-13,25H,2-5H2,1H3,(H,21,26)(H,23,24). The quantitative estimate of drug-likeness (QED) is 0.608. The number of aromatic nitrogens is 2. The van der Waals surface area contributed by atoms with Crippen LogP contribution in [-0.2, 0) is 0 Å². The van der Waals surface area contributed by atoms with Crippen LogP contribution in [0.15, 0.2) is 36.5 Å². The van der Waals surface area contributed by atoms with Gasteiger partial charge in [0.05, 0.1) is 16.3 Å². The molecular weight excluding hydrogens is 376 g/mol. The van der Waals surface area contributed by atoms with E-state index in [4.69, 9.17) is 4.74 Å². The summed E-state index contributed by atoms with van der Waals surface area (Å²) in [5.41, 5.74) is 1.22. The van der Waals surface area contributed by atoms with Gasteiger partial charge in [0.1, 0.15) is 17.2 Å². The molecule has 1 aliphatic rings. The average Bonchev–Trinajstić information content (AvgIpc) is 3.11. The molecule has 2 heterocycles. The molecule has 0 radical (unpaired) electrons. The van der Waals surface area contributed by atoms with Gasteiger partial charge in [-0.1, -0.05) is 11.3 Å². The van der Waals surface area contributed by atoms with Gasteiger partial charge in [-0.3, -0.25) is 9.78 Å². The third kappa shape index (κ3) is 4.23. The lowest BCUT2D eigenvalue weighted by atomic mass is 9.93. The van der Waals surface area contributed by atoms with Crippen LogP contribution in [0.4, 0.5) is 5.13 Å². The first-order valence-electron chi connectivity index (χ1n) is 9.32. The van der Waals surface area contributed by atoms with E-state index in [0.717, 1.165) is 41.0 Å². The number of aliphatic hydroxyl groups excluding tert-OH is 1. The minimum atomic E-state index is -0.255. The molecule has 1 aromatic carbocycles. The molecule has 7 nitrogen and oxygen atoms in total. The summed E-state index contributed by atoms with van der Waals surface area (Å²) in [6.45, 7) is 0. The second-order valence-electron chi connectivity index (χ2n) is 6.86. The highest BCUT2D eigenvalue weighted by molar-refractivity contribution is 7.22. The fourth-order valence-electron chi connectivity index (χ4n) is 3.29. The maximum atomic E-state index is 11.7. The topological polar surface area (TPSA) is 96.4 Å². The zero-order valence-electron chi connectivity index (χ0n) is 15.5. The van der Waals surface area contributed by atoms with E-state index >= 15 is 0 Å². The van der Waals surface area contributed by atoms with E-state index in [2.05, 4.69) is 20.6 Å². The molecule has 3 aromatic rings. The molecule has 0 unspecified atom stereocenters. The Morgan fingerprint density at radius 3 is 2.75 bits per heavy atom. The molecule has 8 heteroatoms. The van der Waals surface area contributed by atoms with Gasteiger partial charge >= 0.3 is 0 Å². The lowest BCUT2D eigenvalue weighted by Gasteiger charge is -2.25. The zero-order chi connectivity index (χ0) is 19.5. The van der Waals surface area contributed by atoms with Crippen LogP contribution in [0.2, 0.25) is 0 Å². The molecule has 1 amide bonds. The van der Waals surface area contributed by atoms with Gasteiger partial charge in [0.15, 0.2) is 5.13 Å². The van der Waals surface area contributed by atoms with E-state index in [-0.39, 0.29) is 12.0 Å². The Bertz CT molecular complexity index is 982. The van der Waals surface area contributed by atoms with Crippen molar-refractivity contribution in [3.05, 3.63) is 42.2 Å². The Balaban J connectivity index is 1.48. The minimum absolute atomic E-state index is 0.162. The van der Waals surface area contributed by atoms with Gasteiger partial charge in [-0.05, 0) is 43.9 Å². The van der Waals surface area contributed by atoms with Crippen LogP contribution in [0.3, 0.4) is 0 Å². The largest absolute Gasteiger partial charge is 0.457 e. The van der Waals surface area contributed by atoms with Crippen LogP contribution in [0, 0.1) is 0 Å². The number of hydrogen-bond acceptors (Lipinski definition) is 7. The SMILES string of the molecule is CNC(=O)c1cc(Oc2ccc3nc(NC4CCC(O)CC4)sc3c2)ccn1. The van der Waals surface area contributed by atoms with Crippen LogP contribution >= 0.6 is 11.3 Å². The number of hydrogen-bond donors (Lipinski definition) is 3. The van der Waals surface area contributed by atoms with Crippen LogP contribution in [0.25, 0.3) is 10.2 Å². The second-order valence-corrected chi connectivity index (χ2v) is 7.89. The maximum absolute atomic E-state index is 11.7. The number of fused-ring (bicyclic) bond motifs is 1. The number of amides is 1. The smallest absolute Gasteiger partial charge is 0.269 e. The summed E-state index contributed by atoms with van der Waals surface area (Å²) in [5, 5.41) is 16.6. The number of ether oxygens (including phenoxy) is 1. The first-order chi connectivity index (χ1) is 13.6. The van der Waals surface area contributed by atoms with E-state index in [1.165, 1.54) is 0 Å². The third-order valence-electron chi connectivity index (χ3n) is 4.81. The summed E-state index contributed by atoms with van der Waals surface area (Å²) in [6.07, 6.45) is 4.98. The van der Waals surface area contributed by atoms with Gasteiger partial charge in [-0.2, -0.15) is 0 Å². The van der Waals surface area contributed by atoms with Gasteiger partial charge in [-0.15, -0.1) is 0 Å². The van der Waals surface area contributed by atoms with Crippen LogP contribution in [0.1, 0.15) is 36.2 Å². The van der Waals surface area contributed by atoms with Gasteiger partial charge in [0.25, 0.3) is 5.91 Å². The summed E-state index contributed by atoms with van der Waals surface area (Å²) < 4.78 is 6.93. The van der Waals surface area contributed by atoms with Crippen LogP contribution < -0.4 is 15.4 Å². The number of rotatable bonds is 5. The molecule has 146 valence electrons. The molecule has 3 N–H and O–H groups in total. The molecule has 0 bridgehead atoms. The average molecular weight is 398 g/mol. The normalized spacial score (nSPS) is 19.4. The Labute approximate surface area is 166 Å². The molecule has 0 spiro atoms. The Hall–Kier alpha value is -2.71. The van der Waals surface area contributed by atoms with Crippen molar-refractivity contribution in [3.63, 3.8) is 0 Å². The van der Waals surface area contributed by atoms with Crippen LogP contribution in [-0.4, -0.2) is 40.2 Å². The van der Waals surface area contributed by atoms with Crippen LogP contribution in [0.5, 0.6) is 11.5 Å². The van der Waals surface area contributed by atoms with E-state index < -0.39 is 0 Å². The lowest BCUT2D eigenvalue weighted by Crippen LogP contribution is -2.28. The van der Waals surface area contributed by atoms with E-state index in [9.17, 15) is 9.90 Å². The molecule has 0 saturated heterocycles. The Kier molecular flexibility index (Phi) is 5.40. The Morgan fingerprint density at radius 1 is 1.18 bits per heavy atom. The molecule has 1 fully saturated rings.